The molecule has 3 rings (SSSR count). The molecule has 0 aliphatic rings. The van der Waals surface area contributed by atoms with E-state index in [4.69, 9.17) is 21.9 Å². The number of rotatable bonds is 3. The predicted octanol–water partition coefficient (Wildman–Crippen LogP) is 5.01. The van der Waals surface area contributed by atoms with Gasteiger partial charge in [0.05, 0.1) is 15.5 Å². The van der Waals surface area contributed by atoms with Gasteiger partial charge in [-0.1, -0.05) is 23.7 Å². The van der Waals surface area contributed by atoms with Crippen LogP contribution in [0, 0.1) is 5.82 Å². The fourth-order valence-corrected chi connectivity index (χ4v) is 3.46. The van der Waals surface area contributed by atoms with E-state index < -0.39 is 5.82 Å². The number of nitrogen functional groups attached to an aromatic ring is 1. The first-order valence-electron chi connectivity index (χ1n) is 6.39. The van der Waals surface area contributed by atoms with Crippen molar-refractivity contribution in [1.29, 1.82) is 0 Å². The maximum atomic E-state index is 13.2. The van der Waals surface area contributed by atoms with E-state index in [0.717, 1.165) is 16.9 Å². The van der Waals surface area contributed by atoms with Gasteiger partial charge in [0.15, 0.2) is 11.6 Å². The Balaban J connectivity index is 2.22. The largest absolute Gasteiger partial charge is 0.380 e. The van der Waals surface area contributed by atoms with Crippen LogP contribution in [0.25, 0.3) is 21.8 Å². The normalized spacial score (nSPS) is 11.0. The van der Waals surface area contributed by atoms with Crippen LogP contribution in [0.1, 0.15) is 12.5 Å². The highest BCUT2D eigenvalue weighted by Crippen LogP contribution is 2.42. The van der Waals surface area contributed by atoms with Crippen molar-refractivity contribution < 1.29 is 8.91 Å². The van der Waals surface area contributed by atoms with E-state index in [1.807, 2.05) is 11.4 Å². The van der Waals surface area contributed by atoms with E-state index in [0.29, 0.717) is 16.9 Å². The molecule has 1 aromatic carbocycles. The third-order valence-electron chi connectivity index (χ3n) is 3.25. The molecule has 0 unspecified atom stereocenters. The van der Waals surface area contributed by atoms with Crippen molar-refractivity contribution in [3.63, 3.8) is 0 Å². The number of thiophene rings is 1. The summed E-state index contributed by atoms with van der Waals surface area (Å²) in [5.41, 5.74) is 8.30. The molecule has 2 N–H and O–H groups in total. The van der Waals surface area contributed by atoms with Crippen LogP contribution in [0.3, 0.4) is 0 Å². The summed E-state index contributed by atoms with van der Waals surface area (Å²) in [5, 5.41) is 6.11. The zero-order valence-electron chi connectivity index (χ0n) is 11.2. The standard InChI is InChI=1S/C15H12ClFN2OS/c1-2-8-5-6-21-14(8)13-12(15(18)19-20-13)10-4-3-9(17)7-11(10)16/h3-7H,2H2,1H3,(H2,18,19). The first-order chi connectivity index (χ1) is 10.1. The molecule has 0 saturated carbocycles. The van der Waals surface area contributed by atoms with Gasteiger partial charge in [-0.25, -0.2) is 4.39 Å². The minimum atomic E-state index is -0.398. The summed E-state index contributed by atoms with van der Waals surface area (Å²) in [6.07, 6.45) is 0.871. The molecule has 3 aromatic rings. The minimum Gasteiger partial charge on any atom is -0.380 e. The van der Waals surface area contributed by atoms with Crippen molar-refractivity contribution in [2.24, 2.45) is 0 Å². The van der Waals surface area contributed by atoms with E-state index in [9.17, 15) is 4.39 Å². The average molecular weight is 323 g/mol. The quantitative estimate of drug-likeness (QED) is 0.737. The molecule has 0 bridgehead atoms. The Labute approximate surface area is 130 Å². The molecule has 6 heteroatoms. The number of benzene rings is 1. The van der Waals surface area contributed by atoms with E-state index >= 15 is 0 Å². The van der Waals surface area contributed by atoms with Crippen LogP contribution in [0.4, 0.5) is 10.2 Å². The van der Waals surface area contributed by atoms with Crippen LogP contribution in [-0.4, -0.2) is 5.16 Å². The summed E-state index contributed by atoms with van der Waals surface area (Å²) in [7, 11) is 0. The number of nitrogens with zero attached hydrogens (tertiary/aromatic N) is 1. The molecule has 0 atom stereocenters. The molecule has 2 heterocycles. The molecule has 0 aliphatic heterocycles. The summed E-state index contributed by atoms with van der Waals surface area (Å²) >= 11 is 7.69. The molecule has 0 spiro atoms. The van der Waals surface area contributed by atoms with E-state index in [1.54, 1.807) is 17.4 Å². The molecule has 0 fully saturated rings. The summed E-state index contributed by atoms with van der Waals surface area (Å²) in [5.74, 6) is 0.424. The average Bonchev–Trinajstić information content (AvgIpc) is 3.05. The third kappa shape index (κ3) is 2.43. The van der Waals surface area contributed by atoms with Crippen molar-refractivity contribution in [3.05, 3.63) is 46.0 Å². The Hall–Kier alpha value is -1.85. The Morgan fingerprint density at radius 1 is 1.38 bits per heavy atom. The van der Waals surface area contributed by atoms with Gasteiger partial charge in [-0.3, -0.25) is 0 Å². The number of aromatic nitrogens is 1. The second kappa shape index (κ2) is 5.50. The number of hydrogen-bond donors (Lipinski definition) is 1. The van der Waals surface area contributed by atoms with Gasteiger partial charge in [-0.05, 0) is 41.6 Å². The van der Waals surface area contributed by atoms with Crippen molar-refractivity contribution in [2.75, 3.05) is 5.73 Å². The Morgan fingerprint density at radius 2 is 2.19 bits per heavy atom. The first kappa shape index (κ1) is 14.1. The van der Waals surface area contributed by atoms with Crippen LogP contribution >= 0.6 is 22.9 Å². The van der Waals surface area contributed by atoms with Gasteiger partial charge in [0, 0.05) is 5.56 Å². The van der Waals surface area contributed by atoms with E-state index in [2.05, 4.69) is 12.1 Å². The van der Waals surface area contributed by atoms with E-state index in [1.165, 1.54) is 12.1 Å². The predicted molar refractivity (Wildman–Crippen MR) is 84.0 cm³/mol. The molecule has 108 valence electrons. The molecule has 3 nitrogen and oxygen atoms in total. The zero-order chi connectivity index (χ0) is 15.0. The van der Waals surface area contributed by atoms with Gasteiger partial charge in [0.25, 0.3) is 0 Å². The van der Waals surface area contributed by atoms with Gasteiger partial charge < -0.3 is 10.3 Å². The SMILES string of the molecule is CCc1ccsc1-c1onc(N)c1-c1ccc(F)cc1Cl. The molecule has 0 amide bonds. The highest BCUT2D eigenvalue weighted by Gasteiger charge is 2.22. The van der Waals surface area contributed by atoms with E-state index in [-0.39, 0.29) is 10.8 Å². The van der Waals surface area contributed by atoms with Crippen LogP contribution in [0.2, 0.25) is 5.02 Å². The Morgan fingerprint density at radius 3 is 2.90 bits per heavy atom. The Bertz CT molecular complexity index is 797. The highest BCUT2D eigenvalue weighted by molar-refractivity contribution is 7.13. The van der Waals surface area contributed by atoms with Crippen LogP contribution in [0.5, 0.6) is 0 Å². The molecule has 2 aromatic heterocycles. The smallest absolute Gasteiger partial charge is 0.187 e. The van der Waals surface area contributed by atoms with Crippen LogP contribution < -0.4 is 5.73 Å². The first-order valence-corrected chi connectivity index (χ1v) is 7.65. The van der Waals surface area contributed by atoms with Gasteiger partial charge in [-0.15, -0.1) is 11.3 Å². The lowest BCUT2D eigenvalue weighted by atomic mass is 10.0. The minimum absolute atomic E-state index is 0.244. The maximum Gasteiger partial charge on any atom is 0.187 e. The van der Waals surface area contributed by atoms with Crippen molar-refractivity contribution >= 4 is 28.8 Å². The number of hydrogen-bond acceptors (Lipinski definition) is 4. The molecule has 0 radical (unpaired) electrons. The fourth-order valence-electron chi connectivity index (χ4n) is 2.22. The number of aryl methyl sites for hydroxylation is 1. The van der Waals surface area contributed by atoms with Gasteiger partial charge in [0.1, 0.15) is 5.82 Å². The highest BCUT2D eigenvalue weighted by atomic mass is 35.5. The lowest BCUT2D eigenvalue weighted by molar-refractivity contribution is 0.436. The van der Waals surface area contributed by atoms with Crippen molar-refractivity contribution in [3.8, 4) is 21.8 Å². The molecular formula is C15H12ClFN2OS. The molecular weight excluding hydrogens is 311 g/mol. The number of nitrogens with two attached hydrogens (primary N) is 1. The third-order valence-corrected chi connectivity index (χ3v) is 4.52. The number of anilines is 1. The molecule has 21 heavy (non-hydrogen) atoms. The summed E-state index contributed by atoms with van der Waals surface area (Å²) in [4.78, 5) is 0.970. The molecule has 0 saturated heterocycles. The second-order valence-electron chi connectivity index (χ2n) is 4.52. The lowest BCUT2D eigenvalue weighted by Crippen LogP contribution is -1.90. The van der Waals surface area contributed by atoms with Gasteiger partial charge in [0.2, 0.25) is 0 Å². The topological polar surface area (TPSA) is 52.0 Å². The van der Waals surface area contributed by atoms with Gasteiger partial charge in [-0.2, -0.15) is 0 Å². The fraction of sp³-hybridized carbons (Fsp3) is 0.133. The Kier molecular flexibility index (Phi) is 3.69. The summed E-state index contributed by atoms with van der Waals surface area (Å²) in [6, 6.07) is 6.22. The summed E-state index contributed by atoms with van der Waals surface area (Å²) < 4.78 is 18.6. The van der Waals surface area contributed by atoms with Crippen LogP contribution in [-0.2, 0) is 6.42 Å². The summed E-state index contributed by atoms with van der Waals surface area (Å²) in [6.45, 7) is 2.07. The number of halogens is 2. The second-order valence-corrected chi connectivity index (χ2v) is 5.85. The lowest BCUT2D eigenvalue weighted by Gasteiger charge is -2.05. The zero-order valence-corrected chi connectivity index (χ0v) is 12.8. The maximum absolute atomic E-state index is 13.2. The monoisotopic (exact) mass is 322 g/mol. The van der Waals surface area contributed by atoms with Crippen molar-refractivity contribution in [1.82, 2.24) is 5.16 Å². The molecule has 0 aliphatic carbocycles. The van der Waals surface area contributed by atoms with Gasteiger partial charge >= 0.3 is 0 Å². The van der Waals surface area contributed by atoms with Crippen LogP contribution in [0.15, 0.2) is 34.2 Å². The van der Waals surface area contributed by atoms with Crippen molar-refractivity contribution in [2.45, 2.75) is 13.3 Å².